The van der Waals surface area contributed by atoms with Gasteiger partial charge in [0.2, 0.25) is 0 Å². The lowest BCUT2D eigenvalue weighted by Gasteiger charge is -2.32. The van der Waals surface area contributed by atoms with E-state index in [4.69, 9.17) is 10.5 Å². The molecular formula is C11H15ClN4O2S. The standard InChI is InChI=1S/C11H14N4O2S.ClH/c1-11(15-6-7(5-12)17-10(15)16)14-8-3-2-4-13-9(8)18-11;/h2-4,7,14H,5-6,12H2,1H3;1H/t7-,11?;/m0./s1. The van der Waals surface area contributed by atoms with Crippen LogP contribution in [0.5, 0.6) is 0 Å². The van der Waals surface area contributed by atoms with E-state index >= 15 is 0 Å². The van der Waals surface area contributed by atoms with Crippen LogP contribution < -0.4 is 11.1 Å². The Bertz CT molecular complexity index is 476. The van der Waals surface area contributed by atoms with Gasteiger partial charge in [-0.25, -0.2) is 9.78 Å². The topological polar surface area (TPSA) is 80.5 Å². The highest BCUT2D eigenvalue weighted by Gasteiger charge is 2.47. The van der Waals surface area contributed by atoms with E-state index in [1.807, 2.05) is 19.1 Å². The molecule has 2 aliphatic heterocycles. The molecule has 0 aliphatic carbocycles. The fourth-order valence-electron chi connectivity index (χ4n) is 2.15. The second-order valence-corrected chi connectivity index (χ2v) is 5.80. The summed E-state index contributed by atoms with van der Waals surface area (Å²) in [4.78, 5) is 17.3. The van der Waals surface area contributed by atoms with Crippen LogP contribution in [0.15, 0.2) is 23.4 Å². The average molecular weight is 303 g/mol. The Morgan fingerprint density at radius 2 is 2.53 bits per heavy atom. The Labute approximate surface area is 121 Å². The SMILES string of the molecule is CC1(N2C[C@H](CN)OC2=O)Nc2cccnc2S1.Cl. The van der Waals surface area contributed by atoms with Crippen LogP contribution in [0.1, 0.15) is 6.92 Å². The summed E-state index contributed by atoms with van der Waals surface area (Å²) in [6, 6.07) is 3.81. The molecule has 0 bridgehead atoms. The molecule has 2 atom stereocenters. The number of hydrogen-bond acceptors (Lipinski definition) is 6. The number of cyclic esters (lactones) is 1. The van der Waals surface area contributed by atoms with Crippen LogP contribution in [0.4, 0.5) is 10.5 Å². The smallest absolute Gasteiger partial charge is 0.412 e. The molecule has 0 aromatic carbocycles. The van der Waals surface area contributed by atoms with Crippen LogP contribution in [-0.2, 0) is 4.74 Å². The number of hydrogen-bond donors (Lipinski definition) is 2. The molecule has 1 aromatic rings. The Hall–Kier alpha value is -1.18. The molecule has 0 spiro atoms. The predicted molar refractivity (Wildman–Crippen MR) is 75.4 cm³/mol. The van der Waals surface area contributed by atoms with Crippen LogP contribution in [0.2, 0.25) is 0 Å². The van der Waals surface area contributed by atoms with Crippen LogP contribution in [-0.4, -0.2) is 40.2 Å². The zero-order chi connectivity index (χ0) is 12.8. The summed E-state index contributed by atoms with van der Waals surface area (Å²) < 4.78 is 5.19. The summed E-state index contributed by atoms with van der Waals surface area (Å²) in [5.41, 5.74) is 6.48. The van der Waals surface area contributed by atoms with Crippen molar-refractivity contribution in [1.29, 1.82) is 0 Å². The third-order valence-electron chi connectivity index (χ3n) is 3.09. The van der Waals surface area contributed by atoms with Gasteiger partial charge in [-0.1, -0.05) is 11.8 Å². The van der Waals surface area contributed by atoms with E-state index in [0.29, 0.717) is 13.1 Å². The third kappa shape index (κ3) is 2.33. The van der Waals surface area contributed by atoms with E-state index in [-0.39, 0.29) is 24.6 Å². The molecule has 1 fully saturated rings. The Kier molecular flexibility index (Phi) is 3.80. The number of halogens is 1. The summed E-state index contributed by atoms with van der Waals surface area (Å²) in [6.45, 7) is 2.79. The van der Waals surface area contributed by atoms with Crippen molar-refractivity contribution in [3.05, 3.63) is 18.3 Å². The lowest BCUT2D eigenvalue weighted by molar-refractivity contribution is 0.130. The van der Waals surface area contributed by atoms with Gasteiger partial charge in [-0.05, 0) is 19.1 Å². The summed E-state index contributed by atoms with van der Waals surface area (Å²) in [6.07, 6.45) is 1.18. The molecule has 0 radical (unpaired) electrons. The maximum Gasteiger partial charge on any atom is 0.412 e. The number of carbonyl (C=O) groups is 1. The second kappa shape index (κ2) is 5.07. The highest BCUT2D eigenvalue weighted by molar-refractivity contribution is 8.01. The number of nitrogens with one attached hydrogen (secondary N) is 1. The number of aromatic nitrogens is 1. The minimum absolute atomic E-state index is 0. The second-order valence-electron chi connectivity index (χ2n) is 4.42. The van der Waals surface area contributed by atoms with Gasteiger partial charge in [-0.2, -0.15) is 0 Å². The number of pyridine rings is 1. The van der Waals surface area contributed by atoms with Gasteiger partial charge in [0.25, 0.3) is 0 Å². The summed E-state index contributed by atoms with van der Waals surface area (Å²) in [5.74, 6) is 0. The Balaban J connectivity index is 0.00000133. The van der Waals surface area contributed by atoms with Gasteiger partial charge in [0.1, 0.15) is 11.1 Å². The first-order valence-electron chi connectivity index (χ1n) is 5.73. The van der Waals surface area contributed by atoms with E-state index in [0.717, 1.165) is 10.7 Å². The summed E-state index contributed by atoms with van der Waals surface area (Å²) in [7, 11) is 0. The number of thioether (sulfide) groups is 1. The molecule has 1 aromatic heterocycles. The number of anilines is 1. The normalized spacial score (nSPS) is 28.4. The van der Waals surface area contributed by atoms with E-state index in [2.05, 4.69) is 10.3 Å². The third-order valence-corrected chi connectivity index (χ3v) is 4.32. The van der Waals surface area contributed by atoms with Gasteiger partial charge < -0.3 is 15.8 Å². The number of rotatable bonds is 2. The highest BCUT2D eigenvalue weighted by atomic mass is 35.5. The zero-order valence-electron chi connectivity index (χ0n) is 10.3. The van der Waals surface area contributed by atoms with Crippen LogP contribution in [0.25, 0.3) is 0 Å². The summed E-state index contributed by atoms with van der Waals surface area (Å²) in [5, 5.41) is 4.21. The Morgan fingerprint density at radius 1 is 1.74 bits per heavy atom. The number of nitrogens with two attached hydrogens (primary N) is 1. The van der Waals surface area contributed by atoms with Crippen LogP contribution >= 0.6 is 24.2 Å². The first-order chi connectivity index (χ1) is 8.62. The Morgan fingerprint density at radius 3 is 3.16 bits per heavy atom. The van der Waals surface area contributed by atoms with Crippen molar-refractivity contribution in [2.24, 2.45) is 5.73 Å². The number of carbonyl (C=O) groups excluding carboxylic acids is 1. The number of amides is 1. The molecule has 19 heavy (non-hydrogen) atoms. The molecule has 1 amide bonds. The van der Waals surface area contributed by atoms with Gasteiger partial charge in [0.15, 0.2) is 4.99 Å². The quantitative estimate of drug-likeness (QED) is 0.861. The molecule has 104 valence electrons. The lowest BCUT2D eigenvalue weighted by atomic mass is 10.3. The average Bonchev–Trinajstić information content (AvgIpc) is 2.89. The molecule has 1 unspecified atom stereocenters. The van der Waals surface area contributed by atoms with Crippen molar-refractivity contribution >= 4 is 35.9 Å². The maximum atomic E-state index is 11.9. The predicted octanol–water partition coefficient (Wildman–Crippen LogP) is 1.47. The fraction of sp³-hybridized carbons (Fsp3) is 0.455. The first kappa shape index (κ1) is 14.2. The van der Waals surface area contributed by atoms with Gasteiger partial charge in [0.05, 0.1) is 12.2 Å². The molecule has 1 saturated heterocycles. The van der Waals surface area contributed by atoms with Crippen LogP contribution in [0, 0.1) is 0 Å². The molecule has 3 N–H and O–H groups in total. The number of fused-ring (bicyclic) bond motifs is 1. The molecule has 2 aliphatic rings. The lowest BCUT2D eigenvalue weighted by Crippen LogP contribution is -2.48. The van der Waals surface area contributed by atoms with Crippen molar-refractivity contribution in [3.63, 3.8) is 0 Å². The maximum absolute atomic E-state index is 11.9. The van der Waals surface area contributed by atoms with E-state index < -0.39 is 4.99 Å². The number of nitrogens with zero attached hydrogens (tertiary/aromatic N) is 2. The summed E-state index contributed by atoms with van der Waals surface area (Å²) >= 11 is 1.51. The number of ether oxygens (including phenoxy) is 1. The van der Waals surface area contributed by atoms with Crippen molar-refractivity contribution in [3.8, 4) is 0 Å². The van der Waals surface area contributed by atoms with Gasteiger partial charge in [-0.3, -0.25) is 4.90 Å². The van der Waals surface area contributed by atoms with Gasteiger partial charge >= 0.3 is 6.09 Å². The molecule has 8 heteroatoms. The van der Waals surface area contributed by atoms with E-state index in [1.165, 1.54) is 11.8 Å². The van der Waals surface area contributed by atoms with Gasteiger partial charge in [-0.15, -0.1) is 12.4 Å². The van der Waals surface area contributed by atoms with Crippen molar-refractivity contribution in [2.75, 3.05) is 18.4 Å². The van der Waals surface area contributed by atoms with Gasteiger partial charge in [0, 0.05) is 12.7 Å². The highest BCUT2D eigenvalue weighted by Crippen LogP contribution is 2.46. The molecule has 6 nitrogen and oxygen atoms in total. The van der Waals surface area contributed by atoms with Crippen molar-refractivity contribution in [1.82, 2.24) is 9.88 Å². The van der Waals surface area contributed by atoms with E-state index in [1.54, 1.807) is 11.1 Å². The monoisotopic (exact) mass is 302 g/mol. The largest absolute Gasteiger partial charge is 0.443 e. The van der Waals surface area contributed by atoms with Crippen molar-refractivity contribution in [2.45, 2.75) is 23.0 Å². The zero-order valence-corrected chi connectivity index (χ0v) is 12.0. The van der Waals surface area contributed by atoms with Crippen LogP contribution in [0.3, 0.4) is 0 Å². The minimum atomic E-state index is -0.558. The minimum Gasteiger partial charge on any atom is -0.443 e. The molecule has 3 rings (SSSR count). The molecule has 0 saturated carbocycles. The molecular weight excluding hydrogens is 288 g/mol. The first-order valence-corrected chi connectivity index (χ1v) is 6.54. The van der Waals surface area contributed by atoms with E-state index in [9.17, 15) is 4.79 Å². The fourth-order valence-corrected chi connectivity index (χ4v) is 3.29. The molecule has 3 heterocycles. The van der Waals surface area contributed by atoms with Crippen molar-refractivity contribution < 1.29 is 9.53 Å².